The molecule has 2 unspecified atom stereocenters. The Morgan fingerprint density at radius 1 is 1.50 bits per heavy atom. The van der Waals surface area contributed by atoms with Crippen LogP contribution in [0.2, 0.25) is 0 Å². The summed E-state index contributed by atoms with van der Waals surface area (Å²) >= 11 is 0. The number of ether oxygens (including phenoxy) is 1. The van der Waals surface area contributed by atoms with Crippen LogP contribution in [0.25, 0.3) is 0 Å². The Bertz CT molecular complexity index is 221. The molecule has 1 amide bonds. The first kappa shape index (κ1) is 13.5. The second-order valence-corrected chi connectivity index (χ2v) is 4.57. The Balaban J connectivity index is 2.48. The second-order valence-electron chi connectivity index (χ2n) is 4.57. The molecule has 0 saturated carbocycles. The zero-order valence-electron chi connectivity index (χ0n) is 10.4. The van der Waals surface area contributed by atoms with Crippen molar-refractivity contribution in [2.24, 2.45) is 5.73 Å². The molecule has 0 spiro atoms. The van der Waals surface area contributed by atoms with Gasteiger partial charge in [0.1, 0.15) is 0 Å². The van der Waals surface area contributed by atoms with E-state index in [4.69, 9.17) is 10.5 Å². The van der Waals surface area contributed by atoms with Gasteiger partial charge in [0.2, 0.25) is 5.91 Å². The second kappa shape index (κ2) is 6.86. The summed E-state index contributed by atoms with van der Waals surface area (Å²) in [6, 6.07) is 0.594. The molecule has 0 aliphatic carbocycles. The van der Waals surface area contributed by atoms with Crippen LogP contribution in [-0.4, -0.2) is 43.2 Å². The summed E-state index contributed by atoms with van der Waals surface area (Å²) in [5.74, 6) is 0.236. The van der Waals surface area contributed by atoms with Gasteiger partial charge in [-0.15, -0.1) is 0 Å². The summed E-state index contributed by atoms with van der Waals surface area (Å²) in [4.78, 5) is 14.1. The molecule has 4 heteroatoms. The van der Waals surface area contributed by atoms with Crippen LogP contribution in [0.1, 0.15) is 39.0 Å². The minimum atomic E-state index is 0.236. The predicted octanol–water partition coefficient (Wildman–Crippen LogP) is 1.14. The smallest absolute Gasteiger partial charge is 0.223 e. The first-order chi connectivity index (χ1) is 7.70. The largest absolute Gasteiger partial charge is 0.385 e. The monoisotopic (exact) mass is 228 g/mol. The lowest BCUT2D eigenvalue weighted by Crippen LogP contribution is -2.51. The average Bonchev–Trinajstić information content (AvgIpc) is 2.28. The number of amides is 1. The summed E-state index contributed by atoms with van der Waals surface area (Å²) in [5, 5.41) is 0. The van der Waals surface area contributed by atoms with Crippen molar-refractivity contribution in [1.29, 1.82) is 0 Å². The molecular weight excluding hydrogens is 204 g/mol. The zero-order chi connectivity index (χ0) is 12.0. The van der Waals surface area contributed by atoms with Crippen molar-refractivity contribution in [1.82, 2.24) is 4.90 Å². The normalized spacial score (nSPS) is 25.8. The van der Waals surface area contributed by atoms with Crippen molar-refractivity contribution in [3.8, 4) is 0 Å². The molecule has 1 saturated heterocycles. The van der Waals surface area contributed by atoms with E-state index in [1.54, 1.807) is 7.11 Å². The van der Waals surface area contributed by atoms with E-state index >= 15 is 0 Å². The van der Waals surface area contributed by atoms with Gasteiger partial charge in [0.05, 0.1) is 0 Å². The molecule has 16 heavy (non-hydrogen) atoms. The van der Waals surface area contributed by atoms with E-state index < -0.39 is 0 Å². The minimum Gasteiger partial charge on any atom is -0.385 e. The quantitative estimate of drug-likeness (QED) is 0.718. The third-order valence-corrected chi connectivity index (χ3v) is 3.33. The fraction of sp³-hybridized carbons (Fsp3) is 0.917. The molecule has 1 aliphatic rings. The number of hydrogen-bond donors (Lipinski definition) is 1. The van der Waals surface area contributed by atoms with Gasteiger partial charge < -0.3 is 15.4 Å². The van der Waals surface area contributed by atoms with Crippen molar-refractivity contribution in [3.05, 3.63) is 0 Å². The molecule has 1 aliphatic heterocycles. The molecule has 0 bridgehead atoms. The maximum Gasteiger partial charge on any atom is 0.223 e. The Kier molecular flexibility index (Phi) is 5.77. The summed E-state index contributed by atoms with van der Waals surface area (Å²) in [6.07, 6.45) is 4.72. The van der Waals surface area contributed by atoms with E-state index in [-0.39, 0.29) is 11.9 Å². The van der Waals surface area contributed by atoms with Crippen LogP contribution >= 0.6 is 0 Å². The molecule has 94 valence electrons. The van der Waals surface area contributed by atoms with Crippen molar-refractivity contribution in [2.45, 2.75) is 51.1 Å². The average molecular weight is 228 g/mol. The molecule has 1 fully saturated rings. The topological polar surface area (TPSA) is 55.6 Å². The van der Waals surface area contributed by atoms with Crippen LogP contribution in [0.3, 0.4) is 0 Å². The van der Waals surface area contributed by atoms with E-state index in [1.807, 2.05) is 4.90 Å². The SMILES string of the molecule is COCCCC(=O)N1C(C)CCCC1CN. The lowest BCUT2D eigenvalue weighted by molar-refractivity contribution is -0.137. The van der Waals surface area contributed by atoms with E-state index in [2.05, 4.69) is 6.92 Å². The van der Waals surface area contributed by atoms with Crippen LogP contribution in [0.15, 0.2) is 0 Å². The third-order valence-electron chi connectivity index (χ3n) is 3.33. The molecular formula is C12H24N2O2. The third kappa shape index (κ3) is 3.46. The van der Waals surface area contributed by atoms with Gasteiger partial charge in [-0.3, -0.25) is 4.79 Å². The molecule has 0 aromatic rings. The van der Waals surface area contributed by atoms with Gasteiger partial charge in [0, 0.05) is 38.8 Å². The maximum absolute atomic E-state index is 12.1. The van der Waals surface area contributed by atoms with E-state index in [0.29, 0.717) is 25.6 Å². The molecule has 0 radical (unpaired) electrons. The van der Waals surface area contributed by atoms with Gasteiger partial charge in [-0.25, -0.2) is 0 Å². The van der Waals surface area contributed by atoms with Gasteiger partial charge >= 0.3 is 0 Å². The van der Waals surface area contributed by atoms with Gasteiger partial charge in [0.25, 0.3) is 0 Å². The first-order valence-electron chi connectivity index (χ1n) is 6.20. The highest BCUT2D eigenvalue weighted by Crippen LogP contribution is 2.23. The molecule has 4 nitrogen and oxygen atoms in total. The van der Waals surface area contributed by atoms with Crippen molar-refractivity contribution >= 4 is 5.91 Å². The number of nitrogens with two attached hydrogens (primary N) is 1. The Hall–Kier alpha value is -0.610. The van der Waals surface area contributed by atoms with Gasteiger partial charge in [0.15, 0.2) is 0 Å². The Labute approximate surface area is 98.1 Å². The standard InChI is InChI=1S/C12H24N2O2/c1-10-5-3-6-11(9-13)14(10)12(15)7-4-8-16-2/h10-11H,3-9,13H2,1-2H3. The zero-order valence-corrected chi connectivity index (χ0v) is 10.4. The molecule has 1 heterocycles. The number of piperidine rings is 1. The predicted molar refractivity (Wildman–Crippen MR) is 64.1 cm³/mol. The van der Waals surface area contributed by atoms with E-state index in [9.17, 15) is 4.79 Å². The highest BCUT2D eigenvalue weighted by atomic mass is 16.5. The molecule has 1 rings (SSSR count). The molecule has 2 atom stereocenters. The Morgan fingerprint density at radius 2 is 2.25 bits per heavy atom. The summed E-state index contributed by atoms with van der Waals surface area (Å²) < 4.78 is 4.96. The summed E-state index contributed by atoms with van der Waals surface area (Å²) in [7, 11) is 1.66. The van der Waals surface area contributed by atoms with Crippen LogP contribution in [0.4, 0.5) is 0 Å². The van der Waals surface area contributed by atoms with Crippen LogP contribution in [0, 0.1) is 0 Å². The van der Waals surface area contributed by atoms with E-state index in [0.717, 1.165) is 19.3 Å². The summed E-state index contributed by atoms with van der Waals surface area (Å²) in [6.45, 7) is 3.36. The minimum absolute atomic E-state index is 0.236. The number of carbonyl (C=O) groups is 1. The van der Waals surface area contributed by atoms with Crippen LogP contribution < -0.4 is 5.73 Å². The van der Waals surface area contributed by atoms with Gasteiger partial charge in [-0.2, -0.15) is 0 Å². The van der Waals surface area contributed by atoms with Crippen molar-refractivity contribution in [3.63, 3.8) is 0 Å². The van der Waals surface area contributed by atoms with Crippen LogP contribution in [-0.2, 0) is 9.53 Å². The number of methoxy groups -OCH3 is 1. The number of hydrogen-bond acceptors (Lipinski definition) is 3. The summed E-state index contributed by atoms with van der Waals surface area (Å²) in [5.41, 5.74) is 5.73. The molecule has 0 aromatic heterocycles. The van der Waals surface area contributed by atoms with Crippen molar-refractivity contribution in [2.75, 3.05) is 20.3 Å². The number of nitrogens with zero attached hydrogens (tertiary/aromatic N) is 1. The number of likely N-dealkylation sites (tertiary alicyclic amines) is 1. The van der Waals surface area contributed by atoms with Gasteiger partial charge in [-0.1, -0.05) is 0 Å². The van der Waals surface area contributed by atoms with Gasteiger partial charge in [-0.05, 0) is 32.6 Å². The van der Waals surface area contributed by atoms with Crippen molar-refractivity contribution < 1.29 is 9.53 Å². The first-order valence-corrected chi connectivity index (χ1v) is 6.20. The fourth-order valence-electron chi connectivity index (χ4n) is 2.46. The lowest BCUT2D eigenvalue weighted by Gasteiger charge is -2.40. The molecule has 2 N–H and O–H groups in total. The van der Waals surface area contributed by atoms with E-state index in [1.165, 1.54) is 6.42 Å². The maximum atomic E-state index is 12.1. The number of carbonyl (C=O) groups excluding carboxylic acids is 1. The highest BCUT2D eigenvalue weighted by Gasteiger charge is 2.30. The lowest BCUT2D eigenvalue weighted by atomic mass is 9.96. The van der Waals surface area contributed by atoms with Crippen LogP contribution in [0.5, 0.6) is 0 Å². The molecule has 0 aromatic carbocycles. The number of rotatable bonds is 5. The highest BCUT2D eigenvalue weighted by molar-refractivity contribution is 5.77. The fourth-order valence-corrected chi connectivity index (χ4v) is 2.46. The Morgan fingerprint density at radius 3 is 2.88 bits per heavy atom.